The average molecular weight is 502 g/mol. The van der Waals surface area contributed by atoms with E-state index in [-0.39, 0.29) is 35.7 Å². The van der Waals surface area contributed by atoms with E-state index in [0.717, 1.165) is 12.0 Å². The Balaban J connectivity index is 0.00000364. The van der Waals surface area contributed by atoms with Gasteiger partial charge in [0.1, 0.15) is 5.82 Å². The van der Waals surface area contributed by atoms with Gasteiger partial charge in [0.15, 0.2) is 5.96 Å². The molecule has 1 heterocycles. The molecule has 0 radical (unpaired) electrons. The van der Waals surface area contributed by atoms with Crippen LogP contribution in [0.15, 0.2) is 23.2 Å². The molecule has 1 atom stereocenters. The van der Waals surface area contributed by atoms with Crippen molar-refractivity contribution in [1.82, 2.24) is 15.5 Å². The fourth-order valence-electron chi connectivity index (χ4n) is 2.96. The largest absolute Gasteiger partial charge is 0.401 e. The van der Waals surface area contributed by atoms with E-state index in [9.17, 15) is 17.6 Å². The maximum atomic E-state index is 13.6. The molecule has 4 nitrogen and oxygen atoms in total. The van der Waals surface area contributed by atoms with Crippen LogP contribution in [-0.2, 0) is 6.54 Å². The molecule has 2 rings (SSSR count). The molecule has 1 saturated heterocycles. The Labute approximate surface area is 174 Å². The smallest absolute Gasteiger partial charge is 0.357 e. The molecule has 1 fully saturated rings. The van der Waals surface area contributed by atoms with Crippen molar-refractivity contribution < 1.29 is 17.6 Å². The highest BCUT2D eigenvalue weighted by molar-refractivity contribution is 14.0. The van der Waals surface area contributed by atoms with E-state index in [1.807, 2.05) is 13.0 Å². The SMILES string of the molecule is CCNC(=NCc1ccc(C)c(F)c1)NCC1CCN(CC(F)(F)F)C1.I. The van der Waals surface area contributed by atoms with Crippen molar-refractivity contribution in [1.29, 1.82) is 0 Å². The van der Waals surface area contributed by atoms with Crippen LogP contribution in [0.1, 0.15) is 24.5 Å². The molecule has 1 aliphatic heterocycles. The van der Waals surface area contributed by atoms with Gasteiger partial charge in [0.2, 0.25) is 0 Å². The molecule has 0 aromatic heterocycles. The molecule has 1 aromatic carbocycles. The van der Waals surface area contributed by atoms with Crippen molar-refractivity contribution >= 4 is 29.9 Å². The number of aryl methyl sites for hydroxylation is 1. The van der Waals surface area contributed by atoms with Gasteiger partial charge in [-0.25, -0.2) is 9.38 Å². The third kappa shape index (κ3) is 8.63. The first-order valence-electron chi connectivity index (χ1n) is 8.83. The van der Waals surface area contributed by atoms with Gasteiger partial charge < -0.3 is 10.6 Å². The summed E-state index contributed by atoms with van der Waals surface area (Å²) in [5.41, 5.74) is 1.36. The molecule has 0 spiro atoms. The molecule has 1 aliphatic rings. The van der Waals surface area contributed by atoms with Gasteiger partial charge in [-0.2, -0.15) is 13.2 Å². The first kappa shape index (κ1) is 23.9. The van der Waals surface area contributed by atoms with Crippen molar-refractivity contribution in [2.24, 2.45) is 10.9 Å². The quantitative estimate of drug-likeness (QED) is 0.270. The Kier molecular flexibility index (Phi) is 9.78. The Morgan fingerprint density at radius 3 is 2.67 bits per heavy atom. The summed E-state index contributed by atoms with van der Waals surface area (Å²) in [7, 11) is 0. The topological polar surface area (TPSA) is 39.7 Å². The van der Waals surface area contributed by atoms with E-state index in [2.05, 4.69) is 15.6 Å². The first-order chi connectivity index (χ1) is 12.3. The molecule has 0 bridgehead atoms. The average Bonchev–Trinajstić information content (AvgIpc) is 2.98. The summed E-state index contributed by atoms with van der Waals surface area (Å²) in [5, 5.41) is 6.28. The molecule has 1 unspecified atom stereocenters. The summed E-state index contributed by atoms with van der Waals surface area (Å²) >= 11 is 0. The second kappa shape index (κ2) is 11.0. The molecule has 1 aromatic rings. The van der Waals surface area contributed by atoms with E-state index in [1.165, 1.54) is 11.0 Å². The zero-order valence-corrected chi connectivity index (χ0v) is 17.9. The summed E-state index contributed by atoms with van der Waals surface area (Å²) in [6, 6.07) is 5.01. The van der Waals surface area contributed by atoms with E-state index in [4.69, 9.17) is 0 Å². The second-order valence-electron chi connectivity index (χ2n) is 6.66. The summed E-state index contributed by atoms with van der Waals surface area (Å²) in [6.07, 6.45) is -3.42. The number of alkyl halides is 3. The fourth-order valence-corrected chi connectivity index (χ4v) is 2.96. The van der Waals surface area contributed by atoms with Crippen LogP contribution < -0.4 is 10.6 Å². The van der Waals surface area contributed by atoms with Gasteiger partial charge in [-0.3, -0.25) is 4.90 Å². The molecule has 0 amide bonds. The zero-order chi connectivity index (χ0) is 19.2. The highest BCUT2D eigenvalue weighted by Gasteiger charge is 2.34. The van der Waals surface area contributed by atoms with Gasteiger partial charge in [-0.15, -0.1) is 24.0 Å². The maximum Gasteiger partial charge on any atom is 0.401 e. The van der Waals surface area contributed by atoms with Gasteiger partial charge in [0.05, 0.1) is 13.1 Å². The van der Waals surface area contributed by atoms with Crippen LogP contribution in [0.4, 0.5) is 17.6 Å². The third-order valence-corrected chi connectivity index (χ3v) is 4.33. The normalized spacial score (nSPS) is 18.3. The lowest BCUT2D eigenvalue weighted by Gasteiger charge is -2.18. The minimum absolute atomic E-state index is 0. The maximum absolute atomic E-state index is 13.6. The summed E-state index contributed by atoms with van der Waals surface area (Å²) in [4.78, 5) is 5.86. The fraction of sp³-hybridized carbons (Fsp3) is 0.611. The van der Waals surface area contributed by atoms with E-state index in [1.54, 1.807) is 13.0 Å². The van der Waals surface area contributed by atoms with E-state index < -0.39 is 12.7 Å². The Hall–Kier alpha value is -1.10. The van der Waals surface area contributed by atoms with E-state index >= 15 is 0 Å². The second-order valence-corrected chi connectivity index (χ2v) is 6.66. The Bertz CT molecular complexity index is 622. The molecule has 9 heteroatoms. The highest BCUT2D eigenvalue weighted by Crippen LogP contribution is 2.22. The molecular weight excluding hydrogens is 475 g/mol. The van der Waals surface area contributed by atoms with Crippen LogP contribution in [0.5, 0.6) is 0 Å². The number of nitrogens with zero attached hydrogens (tertiary/aromatic N) is 2. The van der Waals surface area contributed by atoms with Gasteiger partial charge in [0, 0.05) is 19.6 Å². The number of rotatable bonds is 6. The minimum Gasteiger partial charge on any atom is -0.357 e. The van der Waals surface area contributed by atoms with Crippen molar-refractivity contribution in [2.45, 2.75) is 33.0 Å². The van der Waals surface area contributed by atoms with Crippen LogP contribution in [0.3, 0.4) is 0 Å². The monoisotopic (exact) mass is 502 g/mol. The third-order valence-electron chi connectivity index (χ3n) is 4.33. The number of guanidine groups is 1. The van der Waals surface area contributed by atoms with Crippen molar-refractivity contribution in [3.63, 3.8) is 0 Å². The zero-order valence-electron chi connectivity index (χ0n) is 15.6. The molecule has 2 N–H and O–H groups in total. The Morgan fingerprint density at radius 1 is 1.30 bits per heavy atom. The van der Waals surface area contributed by atoms with Gasteiger partial charge >= 0.3 is 6.18 Å². The summed E-state index contributed by atoms with van der Waals surface area (Å²) < 4.78 is 50.9. The van der Waals surface area contributed by atoms with Gasteiger partial charge in [0.25, 0.3) is 0 Å². The highest BCUT2D eigenvalue weighted by atomic mass is 127. The molecule has 154 valence electrons. The number of aliphatic imine (C=N–C) groups is 1. The van der Waals surface area contributed by atoms with Crippen LogP contribution in [-0.4, -0.2) is 49.8 Å². The van der Waals surface area contributed by atoms with Gasteiger partial charge in [-0.05, 0) is 49.9 Å². The number of hydrogen-bond donors (Lipinski definition) is 2. The number of benzene rings is 1. The molecule has 0 saturated carbocycles. The number of likely N-dealkylation sites (tertiary alicyclic amines) is 1. The van der Waals surface area contributed by atoms with E-state index in [0.29, 0.717) is 44.2 Å². The lowest BCUT2D eigenvalue weighted by Crippen LogP contribution is -2.40. The lowest BCUT2D eigenvalue weighted by molar-refractivity contribution is -0.143. The lowest BCUT2D eigenvalue weighted by atomic mass is 10.1. The first-order valence-corrected chi connectivity index (χ1v) is 8.83. The van der Waals surface area contributed by atoms with Gasteiger partial charge in [-0.1, -0.05) is 12.1 Å². The van der Waals surface area contributed by atoms with Crippen LogP contribution >= 0.6 is 24.0 Å². The van der Waals surface area contributed by atoms with Crippen LogP contribution in [0, 0.1) is 18.7 Å². The summed E-state index contributed by atoms with van der Waals surface area (Å²) in [6.45, 7) is 5.23. The molecule has 27 heavy (non-hydrogen) atoms. The predicted molar refractivity (Wildman–Crippen MR) is 110 cm³/mol. The number of nitrogens with one attached hydrogen (secondary N) is 2. The molecule has 0 aliphatic carbocycles. The minimum atomic E-state index is -4.15. The van der Waals surface area contributed by atoms with Crippen molar-refractivity contribution in [3.05, 3.63) is 35.1 Å². The summed E-state index contributed by atoms with van der Waals surface area (Å²) in [5.74, 6) is 0.479. The van der Waals surface area contributed by atoms with Crippen molar-refractivity contribution in [3.8, 4) is 0 Å². The van der Waals surface area contributed by atoms with Crippen LogP contribution in [0.2, 0.25) is 0 Å². The Morgan fingerprint density at radius 2 is 2.04 bits per heavy atom. The predicted octanol–water partition coefficient (Wildman–Crippen LogP) is 3.69. The number of halogens is 5. The standard InChI is InChI=1S/C18H26F4N4.HI/c1-3-23-17(24-9-14-5-4-13(2)16(19)8-14)25-10-15-6-7-26(11-15)12-18(20,21)22;/h4-5,8,15H,3,6-7,9-12H2,1-2H3,(H2,23,24,25);1H. The molecular formula is C18H27F4IN4. The van der Waals surface area contributed by atoms with Crippen molar-refractivity contribution in [2.75, 3.05) is 32.7 Å². The number of hydrogen-bond acceptors (Lipinski definition) is 2. The van der Waals surface area contributed by atoms with Crippen LogP contribution in [0.25, 0.3) is 0 Å².